The van der Waals surface area contributed by atoms with Crippen LogP contribution in [0.1, 0.15) is 44.1 Å². The molecule has 0 saturated heterocycles. The van der Waals surface area contributed by atoms with Crippen LogP contribution in [0.25, 0.3) is 10.1 Å². The van der Waals surface area contributed by atoms with E-state index < -0.39 is 10.3 Å². The van der Waals surface area contributed by atoms with Crippen molar-refractivity contribution in [1.29, 1.82) is 0 Å². The van der Waals surface area contributed by atoms with E-state index >= 15 is 0 Å². The first kappa shape index (κ1) is 15.8. The Morgan fingerprint density at radius 2 is 1.91 bits per heavy atom. The molecule has 120 valence electrons. The van der Waals surface area contributed by atoms with Crippen molar-refractivity contribution in [3.8, 4) is 5.75 Å². The summed E-state index contributed by atoms with van der Waals surface area (Å²) in [6.45, 7) is 0. The van der Waals surface area contributed by atoms with Crippen LogP contribution >= 0.6 is 11.3 Å². The first-order valence-electron chi connectivity index (χ1n) is 7.73. The number of hydrogen-bond donors (Lipinski definition) is 1. The Morgan fingerprint density at radius 3 is 2.59 bits per heavy atom. The molecule has 1 aromatic carbocycles. The van der Waals surface area contributed by atoms with E-state index in [9.17, 15) is 8.42 Å². The molecular weight excluding hydrogens is 318 g/mol. The lowest BCUT2D eigenvalue weighted by atomic mass is 9.92. The number of benzene rings is 1. The van der Waals surface area contributed by atoms with Crippen LogP contribution in [0.3, 0.4) is 0 Å². The van der Waals surface area contributed by atoms with Crippen molar-refractivity contribution in [3.05, 3.63) is 29.1 Å². The lowest BCUT2D eigenvalue weighted by Gasteiger charge is -2.13. The second-order valence-electron chi connectivity index (χ2n) is 6.06. The fraction of sp³-hybridized carbons (Fsp3) is 0.500. The highest BCUT2D eigenvalue weighted by Gasteiger charge is 2.15. The number of fused-ring (bicyclic) bond motifs is 1. The van der Waals surface area contributed by atoms with E-state index in [4.69, 9.17) is 9.32 Å². The molecule has 2 N–H and O–H groups in total. The van der Waals surface area contributed by atoms with Crippen LogP contribution in [0, 0.1) is 5.92 Å². The van der Waals surface area contributed by atoms with E-state index in [0.717, 1.165) is 17.0 Å². The molecular formula is C16H21NO3S2. The Hall–Kier alpha value is -1.11. The van der Waals surface area contributed by atoms with Gasteiger partial charge in [0.05, 0.1) is 0 Å². The normalized spacial score (nSPS) is 17.5. The van der Waals surface area contributed by atoms with Gasteiger partial charge in [0.1, 0.15) is 5.75 Å². The monoisotopic (exact) mass is 339 g/mol. The van der Waals surface area contributed by atoms with Crippen molar-refractivity contribution in [2.75, 3.05) is 0 Å². The molecule has 6 heteroatoms. The van der Waals surface area contributed by atoms with Crippen molar-refractivity contribution in [2.24, 2.45) is 11.1 Å². The smallest absolute Gasteiger partial charge is 0.371 e. The summed E-state index contributed by atoms with van der Waals surface area (Å²) >= 11 is 1.63. The average Bonchev–Trinajstić information content (AvgIpc) is 2.66. The standard InChI is InChI=1S/C16H21NO3S2/c17-22(18,19)20-14-7-8-15-13(11-21-16(15)10-14)9-12-5-3-1-2-4-6-12/h7-8,10-12H,1-6,9H2,(H2,17,18,19). The predicted octanol–water partition coefficient (Wildman–Crippen LogP) is 4.00. The third-order valence-corrected chi connectivity index (χ3v) is 5.74. The zero-order chi connectivity index (χ0) is 15.6. The highest BCUT2D eigenvalue weighted by atomic mass is 32.2. The number of hydrogen-bond acceptors (Lipinski definition) is 4. The summed E-state index contributed by atoms with van der Waals surface area (Å²) in [5.74, 6) is 1.05. The highest BCUT2D eigenvalue weighted by molar-refractivity contribution is 7.84. The maximum Gasteiger partial charge on any atom is 0.380 e. The van der Waals surface area contributed by atoms with Crippen LogP contribution in [0.15, 0.2) is 23.6 Å². The summed E-state index contributed by atoms with van der Waals surface area (Å²) in [6, 6.07) is 5.37. The molecule has 0 spiro atoms. The van der Waals surface area contributed by atoms with Crippen molar-refractivity contribution in [1.82, 2.24) is 0 Å². The summed E-state index contributed by atoms with van der Waals surface area (Å²) in [6.07, 6.45) is 9.20. The lowest BCUT2D eigenvalue weighted by molar-refractivity contribution is 0.459. The molecule has 1 fully saturated rings. The summed E-state index contributed by atoms with van der Waals surface area (Å²) < 4.78 is 27.8. The van der Waals surface area contributed by atoms with Crippen LogP contribution < -0.4 is 9.32 Å². The molecule has 1 aliphatic carbocycles. The van der Waals surface area contributed by atoms with Crippen molar-refractivity contribution in [2.45, 2.75) is 44.9 Å². The van der Waals surface area contributed by atoms with E-state index in [1.54, 1.807) is 23.5 Å². The molecule has 4 nitrogen and oxygen atoms in total. The quantitative estimate of drug-likeness (QED) is 0.856. The molecule has 0 aliphatic heterocycles. The summed E-state index contributed by atoms with van der Waals surface area (Å²) in [5, 5.41) is 8.30. The van der Waals surface area contributed by atoms with Gasteiger partial charge in [-0.15, -0.1) is 11.3 Å². The van der Waals surface area contributed by atoms with Crippen LogP contribution in [-0.2, 0) is 16.7 Å². The van der Waals surface area contributed by atoms with E-state index in [0.29, 0.717) is 0 Å². The number of rotatable bonds is 4. The minimum Gasteiger partial charge on any atom is -0.371 e. The second kappa shape index (κ2) is 6.56. The van der Waals surface area contributed by atoms with Gasteiger partial charge in [-0.05, 0) is 46.9 Å². The SMILES string of the molecule is NS(=O)(=O)Oc1ccc2c(CC3CCCCCC3)csc2c1. The Morgan fingerprint density at radius 1 is 1.18 bits per heavy atom. The lowest BCUT2D eigenvalue weighted by Crippen LogP contribution is -2.18. The Bertz CT molecular complexity index is 744. The Balaban J connectivity index is 1.79. The van der Waals surface area contributed by atoms with Crippen LogP contribution in [0.2, 0.25) is 0 Å². The van der Waals surface area contributed by atoms with Gasteiger partial charge in [-0.3, -0.25) is 0 Å². The van der Waals surface area contributed by atoms with Gasteiger partial charge in [0.15, 0.2) is 0 Å². The van der Waals surface area contributed by atoms with E-state index in [2.05, 4.69) is 5.38 Å². The Labute approximate surface area is 135 Å². The molecule has 1 heterocycles. The maximum absolute atomic E-state index is 11.0. The van der Waals surface area contributed by atoms with E-state index in [1.807, 2.05) is 6.07 Å². The van der Waals surface area contributed by atoms with Gasteiger partial charge in [0.25, 0.3) is 0 Å². The summed E-state index contributed by atoms with van der Waals surface area (Å²) in [5.41, 5.74) is 1.37. The third-order valence-electron chi connectivity index (χ3n) is 4.32. The molecule has 1 aliphatic rings. The van der Waals surface area contributed by atoms with Gasteiger partial charge in [-0.2, -0.15) is 13.6 Å². The van der Waals surface area contributed by atoms with Crippen molar-refractivity contribution >= 4 is 31.7 Å². The Kier molecular flexibility index (Phi) is 4.70. The van der Waals surface area contributed by atoms with E-state index in [1.165, 1.54) is 49.5 Å². The van der Waals surface area contributed by atoms with Crippen LogP contribution in [0.4, 0.5) is 0 Å². The minimum absolute atomic E-state index is 0.276. The fourth-order valence-corrected chi connectivity index (χ4v) is 4.66. The van der Waals surface area contributed by atoms with Gasteiger partial charge in [-0.1, -0.05) is 38.5 Å². The molecule has 1 aromatic heterocycles. The third kappa shape index (κ3) is 4.00. The molecule has 2 aromatic rings. The van der Waals surface area contributed by atoms with Crippen molar-refractivity contribution in [3.63, 3.8) is 0 Å². The number of nitrogens with two attached hydrogens (primary N) is 1. The largest absolute Gasteiger partial charge is 0.380 e. The predicted molar refractivity (Wildman–Crippen MR) is 90.5 cm³/mol. The summed E-state index contributed by atoms with van der Waals surface area (Å²) in [7, 11) is -3.96. The molecule has 0 unspecified atom stereocenters. The zero-order valence-corrected chi connectivity index (χ0v) is 14.1. The molecule has 0 amide bonds. The van der Waals surface area contributed by atoms with Crippen molar-refractivity contribution < 1.29 is 12.6 Å². The number of thiophene rings is 1. The molecule has 0 atom stereocenters. The zero-order valence-electron chi connectivity index (χ0n) is 12.5. The van der Waals surface area contributed by atoms with Gasteiger partial charge >= 0.3 is 10.3 Å². The topological polar surface area (TPSA) is 69.4 Å². The molecule has 1 saturated carbocycles. The van der Waals surface area contributed by atoms with Crippen LogP contribution in [-0.4, -0.2) is 8.42 Å². The second-order valence-corrected chi connectivity index (χ2v) is 8.12. The maximum atomic E-state index is 11.0. The minimum atomic E-state index is -3.96. The molecule has 3 rings (SSSR count). The van der Waals surface area contributed by atoms with E-state index in [-0.39, 0.29) is 5.75 Å². The average molecular weight is 339 g/mol. The molecule has 22 heavy (non-hydrogen) atoms. The van der Waals surface area contributed by atoms with Crippen LogP contribution in [0.5, 0.6) is 5.75 Å². The van der Waals surface area contributed by atoms with Gasteiger partial charge in [0, 0.05) is 4.70 Å². The first-order chi connectivity index (χ1) is 10.5. The van der Waals surface area contributed by atoms with Gasteiger partial charge < -0.3 is 4.18 Å². The van der Waals surface area contributed by atoms with Gasteiger partial charge in [-0.25, -0.2) is 0 Å². The highest BCUT2D eigenvalue weighted by Crippen LogP contribution is 2.34. The molecule has 0 bridgehead atoms. The fourth-order valence-electron chi connectivity index (χ4n) is 3.29. The van der Waals surface area contributed by atoms with Gasteiger partial charge in [0.2, 0.25) is 0 Å². The first-order valence-corrected chi connectivity index (χ1v) is 10.1. The molecule has 0 radical (unpaired) electrons. The summed E-state index contributed by atoms with van der Waals surface area (Å²) in [4.78, 5) is 0.